The van der Waals surface area contributed by atoms with Crippen molar-refractivity contribution in [2.75, 3.05) is 7.11 Å². The van der Waals surface area contributed by atoms with Crippen LogP contribution in [0.4, 0.5) is 0 Å². The van der Waals surface area contributed by atoms with Crippen LogP contribution in [0, 0.1) is 6.92 Å². The zero-order valence-electron chi connectivity index (χ0n) is 11.7. The highest BCUT2D eigenvalue weighted by Crippen LogP contribution is 2.37. The molecule has 0 aromatic carbocycles. The summed E-state index contributed by atoms with van der Waals surface area (Å²) in [5, 5.41) is 3.82. The molecule has 0 fully saturated rings. The number of thiophene rings is 1. The Labute approximate surface area is 120 Å². The van der Waals surface area contributed by atoms with Gasteiger partial charge in [-0.25, -0.2) is 0 Å². The van der Waals surface area contributed by atoms with Gasteiger partial charge in [-0.3, -0.25) is 9.59 Å². The van der Waals surface area contributed by atoms with Gasteiger partial charge in [0.05, 0.1) is 11.3 Å². The third-order valence-corrected chi connectivity index (χ3v) is 3.56. The monoisotopic (exact) mass is 293 g/mol. The number of carbonyl (C=O) groups is 2. The summed E-state index contributed by atoms with van der Waals surface area (Å²) in [5.41, 5.74) is 2.39. The summed E-state index contributed by atoms with van der Waals surface area (Å²) in [6.07, 6.45) is 0. The molecule has 0 aliphatic carbocycles. The highest BCUT2D eigenvalue weighted by atomic mass is 32.1. The molecule has 0 unspecified atom stereocenters. The number of ketones is 1. The van der Waals surface area contributed by atoms with E-state index in [1.165, 1.54) is 37.0 Å². The summed E-state index contributed by atoms with van der Waals surface area (Å²) in [4.78, 5) is 28.6. The summed E-state index contributed by atoms with van der Waals surface area (Å²) >= 11 is 1.52. The minimum Gasteiger partial charge on any atom is -0.424 e. The van der Waals surface area contributed by atoms with Crippen molar-refractivity contribution >= 4 is 23.1 Å². The number of rotatable bonds is 4. The molecule has 0 radical (unpaired) electrons. The number of aromatic nitrogens is 1. The van der Waals surface area contributed by atoms with Gasteiger partial charge in [0.25, 0.3) is 0 Å². The molecule has 0 spiro atoms. The second-order valence-corrected chi connectivity index (χ2v) is 5.06. The Kier molecular flexibility index (Phi) is 3.94. The van der Waals surface area contributed by atoms with E-state index in [1.807, 2.05) is 16.8 Å². The zero-order valence-corrected chi connectivity index (χ0v) is 12.5. The lowest BCUT2D eigenvalue weighted by atomic mass is 10.1. The van der Waals surface area contributed by atoms with E-state index in [1.54, 1.807) is 6.92 Å². The summed E-state index contributed by atoms with van der Waals surface area (Å²) in [7, 11) is 1.50. The van der Waals surface area contributed by atoms with Crippen LogP contribution in [-0.4, -0.2) is 23.6 Å². The Balaban J connectivity index is 2.77. The Hall–Kier alpha value is -2.08. The molecule has 0 aliphatic heterocycles. The first-order chi connectivity index (χ1) is 9.47. The normalized spacial score (nSPS) is 10.4. The van der Waals surface area contributed by atoms with Gasteiger partial charge in [-0.2, -0.15) is 16.1 Å². The van der Waals surface area contributed by atoms with Gasteiger partial charge in [0, 0.05) is 17.9 Å². The van der Waals surface area contributed by atoms with Crippen LogP contribution in [-0.2, 0) is 4.79 Å². The maximum Gasteiger partial charge on any atom is 0.308 e. The quantitative estimate of drug-likeness (QED) is 0.642. The first kappa shape index (κ1) is 14.3. The van der Waals surface area contributed by atoms with Crippen LogP contribution < -0.4 is 9.57 Å². The predicted molar refractivity (Wildman–Crippen MR) is 76.3 cm³/mol. The van der Waals surface area contributed by atoms with Gasteiger partial charge in [0.2, 0.25) is 0 Å². The fourth-order valence-electron chi connectivity index (χ4n) is 2.13. The number of esters is 1. The number of Topliss-reactive ketones (excluding diaryl/α,β-unsaturated/α-hetero) is 1. The van der Waals surface area contributed by atoms with Crippen molar-refractivity contribution in [3.8, 4) is 17.0 Å². The molecular formula is C14H15NO4S. The molecule has 2 heterocycles. The Morgan fingerprint density at radius 2 is 2.00 bits per heavy atom. The molecule has 0 aliphatic rings. The van der Waals surface area contributed by atoms with Crippen LogP contribution in [0.25, 0.3) is 11.3 Å². The van der Waals surface area contributed by atoms with Gasteiger partial charge < -0.3 is 9.57 Å². The molecule has 0 amide bonds. The van der Waals surface area contributed by atoms with E-state index in [9.17, 15) is 9.59 Å². The van der Waals surface area contributed by atoms with E-state index >= 15 is 0 Å². The highest BCUT2D eigenvalue weighted by molar-refractivity contribution is 7.08. The number of ether oxygens (including phenoxy) is 1. The highest BCUT2D eigenvalue weighted by Gasteiger charge is 2.27. The van der Waals surface area contributed by atoms with Crippen LogP contribution in [0.3, 0.4) is 0 Å². The number of carbonyl (C=O) groups excluding carboxylic acids is 2. The van der Waals surface area contributed by atoms with Gasteiger partial charge in [-0.05, 0) is 25.3 Å². The van der Waals surface area contributed by atoms with Crippen molar-refractivity contribution < 1.29 is 19.2 Å². The molecule has 0 saturated heterocycles. The zero-order chi connectivity index (χ0) is 14.9. The maximum absolute atomic E-state index is 12.0. The lowest BCUT2D eigenvalue weighted by Crippen LogP contribution is -2.10. The third kappa shape index (κ3) is 2.34. The Morgan fingerprint density at radius 1 is 1.30 bits per heavy atom. The van der Waals surface area contributed by atoms with Gasteiger partial charge in [0.1, 0.15) is 12.8 Å². The Morgan fingerprint density at radius 3 is 2.45 bits per heavy atom. The molecule has 0 atom stereocenters. The van der Waals surface area contributed by atoms with E-state index < -0.39 is 5.97 Å². The van der Waals surface area contributed by atoms with Gasteiger partial charge in [-0.15, -0.1) is 0 Å². The smallest absolute Gasteiger partial charge is 0.308 e. The molecule has 2 aromatic heterocycles. The first-order valence-electron chi connectivity index (χ1n) is 5.99. The van der Waals surface area contributed by atoms with Gasteiger partial charge in [-0.1, -0.05) is 0 Å². The SMILES string of the molecule is COn1c(C)c(OC(C)=O)c(C(C)=O)c1-c1ccsc1. The molecule has 5 nitrogen and oxygen atoms in total. The van der Waals surface area contributed by atoms with Crippen LogP contribution >= 0.6 is 11.3 Å². The van der Waals surface area contributed by atoms with E-state index in [2.05, 4.69) is 0 Å². The van der Waals surface area contributed by atoms with Crippen molar-refractivity contribution in [1.29, 1.82) is 0 Å². The van der Waals surface area contributed by atoms with Crippen molar-refractivity contribution in [3.05, 3.63) is 28.1 Å². The lowest BCUT2D eigenvalue weighted by molar-refractivity contribution is -0.131. The van der Waals surface area contributed by atoms with Crippen LogP contribution in [0.15, 0.2) is 16.8 Å². The third-order valence-electron chi connectivity index (χ3n) is 2.88. The summed E-state index contributed by atoms with van der Waals surface area (Å²) in [6, 6.07) is 1.89. The van der Waals surface area contributed by atoms with Crippen molar-refractivity contribution in [1.82, 2.24) is 4.73 Å². The fraction of sp³-hybridized carbons (Fsp3) is 0.286. The Bertz CT molecular complexity index is 655. The summed E-state index contributed by atoms with van der Waals surface area (Å²) < 4.78 is 6.71. The van der Waals surface area contributed by atoms with Gasteiger partial charge >= 0.3 is 5.97 Å². The lowest BCUT2D eigenvalue weighted by Gasteiger charge is -2.08. The largest absolute Gasteiger partial charge is 0.424 e. The molecule has 2 aromatic rings. The number of hydrogen-bond donors (Lipinski definition) is 0. The number of hydrogen-bond acceptors (Lipinski definition) is 5. The minimum absolute atomic E-state index is 0.179. The number of nitrogens with zero attached hydrogens (tertiary/aromatic N) is 1. The van der Waals surface area contributed by atoms with Crippen LogP contribution in [0.5, 0.6) is 5.75 Å². The second-order valence-electron chi connectivity index (χ2n) is 4.28. The molecule has 0 N–H and O–H groups in total. The molecule has 20 heavy (non-hydrogen) atoms. The molecule has 6 heteroatoms. The van der Waals surface area contributed by atoms with Crippen LogP contribution in [0.2, 0.25) is 0 Å². The maximum atomic E-state index is 12.0. The van der Waals surface area contributed by atoms with Crippen molar-refractivity contribution in [2.45, 2.75) is 20.8 Å². The standard InChI is InChI=1S/C14H15NO4S/c1-8-14(19-10(3)17)12(9(2)16)13(15(8)18-4)11-5-6-20-7-11/h5-7H,1-4H3. The van der Waals surface area contributed by atoms with Crippen LogP contribution in [0.1, 0.15) is 29.9 Å². The second kappa shape index (κ2) is 5.50. The molecule has 0 bridgehead atoms. The first-order valence-corrected chi connectivity index (χ1v) is 6.93. The van der Waals surface area contributed by atoms with Gasteiger partial charge in [0.15, 0.2) is 11.5 Å². The predicted octanol–water partition coefficient (Wildman–Crippen LogP) is 2.71. The van der Waals surface area contributed by atoms with E-state index in [4.69, 9.17) is 9.57 Å². The average molecular weight is 293 g/mol. The summed E-state index contributed by atoms with van der Waals surface area (Å²) in [5.74, 6) is -0.393. The topological polar surface area (TPSA) is 57.5 Å². The average Bonchev–Trinajstić information content (AvgIpc) is 2.96. The van der Waals surface area contributed by atoms with Crippen molar-refractivity contribution in [3.63, 3.8) is 0 Å². The van der Waals surface area contributed by atoms with E-state index in [-0.39, 0.29) is 11.5 Å². The molecule has 2 rings (SSSR count). The summed E-state index contributed by atoms with van der Waals surface area (Å²) in [6.45, 7) is 4.49. The van der Waals surface area contributed by atoms with Crippen molar-refractivity contribution in [2.24, 2.45) is 0 Å². The van der Waals surface area contributed by atoms with E-state index in [0.717, 1.165) is 5.56 Å². The molecular weight excluding hydrogens is 278 g/mol. The molecule has 106 valence electrons. The minimum atomic E-state index is -0.472. The molecule has 0 saturated carbocycles. The fourth-order valence-corrected chi connectivity index (χ4v) is 2.77. The van der Waals surface area contributed by atoms with E-state index in [0.29, 0.717) is 17.0 Å².